The van der Waals surface area contributed by atoms with Gasteiger partial charge < -0.3 is 20.3 Å². The maximum atomic E-state index is 5.78. The van der Waals surface area contributed by atoms with Gasteiger partial charge in [-0.1, -0.05) is 24.3 Å². The Hall–Kier alpha value is -2.76. The van der Waals surface area contributed by atoms with Crippen molar-refractivity contribution >= 4 is 11.8 Å². The SMILES string of the molecule is CN=C(NCC1CCOc2ccccc21)NC1CCN(c2cccc(C)n2)CC1. The van der Waals surface area contributed by atoms with Crippen molar-refractivity contribution in [3.8, 4) is 5.75 Å². The van der Waals surface area contributed by atoms with Crippen molar-refractivity contribution in [2.45, 2.75) is 38.1 Å². The third-order valence-corrected chi connectivity index (χ3v) is 5.86. The van der Waals surface area contributed by atoms with Crippen LogP contribution in [-0.4, -0.2) is 50.3 Å². The summed E-state index contributed by atoms with van der Waals surface area (Å²) in [6.45, 7) is 5.72. The van der Waals surface area contributed by atoms with E-state index in [0.717, 1.165) is 68.7 Å². The summed E-state index contributed by atoms with van der Waals surface area (Å²) in [5, 5.41) is 7.15. The number of aromatic nitrogens is 1. The van der Waals surface area contributed by atoms with Crippen molar-refractivity contribution in [2.24, 2.45) is 4.99 Å². The molecule has 2 aliphatic rings. The van der Waals surface area contributed by atoms with E-state index in [2.05, 4.69) is 55.8 Å². The van der Waals surface area contributed by atoms with Gasteiger partial charge in [0.05, 0.1) is 6.61 Å². The predicted octanol–water partition coefficient (Wildman–Crippen LogP) is 3.09. The van der Waals surface area contributed by atoms with Crippen LogP contribution in [0.4, 0.5) is 5.82 Å². The molecule has 0 radical (unpaired) electrons. The molecule has 4 rings (SSSR count). The highest BCUT2D eigenvalue weighted by atomic mass is 16.5. The second kappa shape index (κ2) is 9.16. The summed E-state index contributed by atoms with van der Waals surface area (Å²) >= 11 is 0. The molecule has 1 fully saturated rings. The lowest BCUT2D eigenvalue weighted by Crippen LogP contribution is -2.49. The minimum atomic E-state index is 0.434. The number of benzene rings is 1. The van der Waals surface area contributed by atoms with E-state index >= 15 is 0 Å². The zero-order valence-electron chi connectivity index (χ0n) is 17.4. The van der Waals surface area contributed by atoms with E-state index in [1.165, 1.54) is 5.56 Å². The molecule has 0 bridgehead atoms. The van der Waals surface area contributed by atoms with Crippen molar-refractivity contribution in [1.29, 1.82) is 0 Å². The van der Waals surface area contributed by atoms with Crippen LogP contribution in [-0.2, 0) is 0 Å². The van der Waals surface area contributed by atoms with Crippen LogP contribution in [0.15, 0.2) is 47.5 Å². The molecule has 1 atom stereocenters. The number of aliphatic imine (C=N–C) groups is 1. The van der Waals surface area contributed by atoms with Crippen LogP contribution in [0.2, 0.25) is 0 Å². The highest BCUT2D eigenvalue weighted by Gasteiger charge is 2.23. The number of nitrogens with zero attached hydrogens (tertiary/aromatic N) is 3. The van der Waals surface area contributed by atoms with Gasteiger partial charge in [0.25, 0.3) is 0 Å². The summed E-state index contributed by atoms with van der Waals surface area (Å²) in [5.74, 6) is 3.45. The van der Waals surface area contributed by atoms with E-state index in [4.69, 9.17) is 4.74 Å². The quantitative estimate of drug-likeness (QED) is 0.617. The molecule has 0 saturated carbocycles. The van der Waals surface area contributed by atoms with Crippen LogP contribution in [0.5, 0.6) is 5.75 Å². The van der Waals surface area contributed by atoms with Gasteiger partial charge in [0.15, 0.2) is 5.96 Å². The van der Waals surface area contributed by atoms with Gasteiger partial charge in [-0.25, -0.2) is 4.98 Å². The topological polar surface area (TPSA) is 61.8 Å². The number of para-hydroxylation sites is 1. The van der Waals surface area contributed by atoms with E-state index in [1.807, 2.05) is 26.1 Å². The molecule has 6 nitrogen and oxygen atoms in total. The zero-order valence-corrected chi connectivity index (χ0v) is 17.4. The summed E-state index contributed by atoms with van der Waals surface area (Å²) in [4.78, 5) is 11.5. The highest BCUT2D eigenvalue weighted by Crippen LogP contribution is 2.32. The van der Waals surface area contributed by atoms with E-state index in [9.17, 15) is 0 Å². The average Bonchev–Trinajstić information content (AvgIpc) is 2.77. The van der Waals surface area contributed by atoms with Crippen LogP contribution < -0.4 is 20.3 Å². The fourth-order valence-corrected chi connectivity index (χ4v) is 4.19. The van der Waals surface area contributed by atoms with Crippen LogP contribution >= 0.6 is 0 Å². The summed E-state index contributed by atoms with van der Waals surface area (Å²) in [7, 11) is 1.85. The number of ether oxygens (including phenoxy) is 1. The number of guanidine groups is 1. The molecule has 29 heavy (non-hydrogen) atoms. The minimum absolute atomic E-state index is 0.434. The third kappa shape index (κ3) is 4.81. The summed E-state index contributed by atoms with van der Waals surface area (Å²) in [5.41, 5.74) is 2.36. The van der Waals surface area contributed by atoms with E-state index in [0.29, 0.717) is 12.0 Å². The Morgan fingerprint density at radius 2 is 1.97 bits per heavy atom. The Bertz CT molecular complexity index is 845. The van der Waals surface area contributed by atoms with Crippen molar-refractivity contribution in [2.75, 3.05) is 38.2 Å². The molecule has 2 aliphatic heterocycles. The molecule has 0 spiro atoms. The zero-order chi connectivity index (χ0) is 20.1. The van der Waals surface area contributed by atoms with Gasteiger partial charge in [-0.15, -0.1) is 0 Å². The first-order chi connectivity index (χ1) is 14.2. The molecule has 1 aromatic heterocycles. The van der Waals surface area contributed by atoms with Crippen molar-refractivity contribution < 1.29 is 4.74 Å². The van der Waals surface area contributed by atoms with Gasteiger partial charge in [0, 0.05) is 44.3 Å². The van der Waals surface area contributed by atoms with Gasteiger partial charge in [-0.3, -0.25) is 4.99 Å². The van der Waals surface area contributed by atoms with E-state index in [1.54, 1.807) is 0 Å². The smallest absolute Gasteiger partial charge is 0.191 e. The van der Waals surface area contributed by atoms with Gasteiger partial charge in [-0.05, 0) is 49.9 Å². The lowest BCUT2D eigenvalue weighted by Gasteiger charge is -2.34. The number of piperidine rings is 1. The molecule has 2 N–H and O–H groups in total. The summed E-state index contributed by atoms with van der Waals surface area (Å²) < 4.78 is 5.78. The number of pyridine rings is 1. The van der Waals surface area contributed by atoms with E-state index < -0.39 is 0 Å². The fourth-order valence-electron chi connectivity index (χ4n) is 4.19. The molecule has 1 saturated heterocycles. The normalized spacial score (nSPS) is 20.0. The number of fused-ring (bicyclic) bond motifs is 1. The number of anilines is 1. The van der Waals surface area contributed by atoms with Crippen molar-refractivity contribution in [1.82, 2.24) is 15.6 Å². The Morgan fingerprint density at radius 3 is 2.76 bits per heavy atom. The molecule has 6 heteroatoms. The predicted molar refractivity (Wildman–Crippen MR) is 118 cm³/mol. The van der Waals surface area contributed by atoms with Crippen LogP contribution in [0.25, 0.3) is 0 Å². The first-order valence-electron chi connectivity index (χ1n) is 10.6. The molecule has 1 aromatic carbocycles. The van der Waals surface area contributed by atoms with Gasteiger partial charge in [0.2, 0.25) is 0 Å². The van der Waals surface area contributed by atoms with Crippen LogP contribution in [0.1, 0.15) is 36.4 Å². The molecular weight excluding hydrogens is 362 g/mol. The Kier molecular flexibility index (Phi) is 6.17. The van der Waals surface area contributed by atoms with Crippen molar-refractivity contribution in [3.05, 3.63) is 53.7 Å². The second-order valence-electron chi connectivity index (χ2n) is 7.87. The molecule has 1 unspecified atom stereocenters. The Balaban J connectivity index is 1.27. The number of rotatable bonds is 4. The first kappa shape index (κ1) is 19.6. The number of aryl methyl sites for hydroxylation is 1. The monoisotopic (exact) mass is 393 g/mol. The molecule has 154 valence electrons. The lowest BCUT2D eigenvalue weighted by atomic mass is 9.93. The molecule has 0 amide bonds. The number of nitrogens with one attached hydrogen (secondary N) is 2. The second-order valence-corrected chi connectivity index (χ2v) is 7.87. The Morgan fingerprint density at radius 1 is 1.14 bits per heavy atom. The minimum Gasteiger partial charge on any atom is -0.493 e. The molecule has 2 aromatic rings. The number of hydrogen-bond donors (Lipinski definition) is 2. The highest BCUT2D eigenvalue weighted by molar-refractivity contribution is 5.80. The average molecular weight is 394 g/mol. The first-order valence-corrected chi connectivity index (χ1v) is 10.6. The van der Waals surface area contributed by atoms with E-state index in [-0.39, 0.29) is 0 Å². The maximum Gasteiger partial charge on any atom is 0.191 e. The molecular formula is C23H31N5O. The third-order valence-electron chi connectivity index (χ3n) is 5.86. The molecule has 0 aliphatic carbocycles. The van der Waals surface area contributed by atoms with Crippen LogP contribution in [0.3, 0.4) is 0 Å². The van der Waals surface area contributed by atoms with Crippen LogP contribution in [0, 0.1) is 6.92 Å². The summed E-state index contributed by atoms with van der Waals surface area (Å²) in [6.07, 6.45) is 3.19. The Labute approximate surface area is 173 Å². The summed E-state index contributed by atoms with van der Waals surface area (Å²) in [6, 6.07) is 15.0. The fraction of sp³-hybridized carbons (Fsp3) is 0.478. The number of hydrogen-bond acceptors (Lipinski definition) is 4. The lowest BCUT2D eigenvalue weighted by molar-refractivity contribution is 0.267. The van der Waals surface area contributed by atoms with Gasteiger partial charge in [0.1, 0.15) is 11.6 Å². The van der Waals surface area contributed by atoms with Gasteiger partial charge in [-0.2, -0.15) is 0 Å². The largest absolute Gasteiger partial charge is 0.493 e. The van der Waals surface area contributed by atoms with Gasteiger partial charge >= 0.3 is 0 Å². The standard InChI is InChI=1S/C23H31N5O/c1-17-6-5-9-22(26-17)28-13-10-19(11-14-28)27-23(24-2)25-16-18-12-15-29-21-8-4-3-7-20(18)21/h3-9,18-19H,10-16H2,1-2H3,(H2,24,25,27). The maximum absolute atomic E-state index is 5.78. The van der Waals surface area contributed by atoms with Crippen molar-refractivity contribution in [3.63, 3.8) is 0 Å². The molecule has 3 heterocycles.